The van der Waals surface area contributed by atoms with Crippen molar-refractivity contribution in [3.63, 3.8) is 0 Å². The van der Waals surface area contributed by atoms with Gasteiger partial charge in [0.1, 0.15) is 0 Å². The van der Waals surface area contributed by atoms with Crippen molar-refractivity contribution in [2.75, 3.05) is 6.54 Å². The minimum Gasteiger partial charge on any atom is -0.338 e. The zero-order valence-electron chi connectivity index (χ0n) is 11.5. The molecule has 2 rings (SSSR count). The van der Waals surface area contributed by atoms with Gasteiger partial charge in [0.25, 0.3) is 0 Å². The van der Waals surface area contributed by atoms with Gasteiger partial charge in [0.05, 0.1) is 5.54 Å². The highest BCUT2D eigenvalue weighted by Gasteiger charge is 2.38. The Morgan fingerprint density at radius 1 is 1.18 bits per heavy atom. The van der Waals surface area contributed by atoms with Crippen molar-refractivity contribution >= 4 is 5.91 Å². The Morgan fingerprint density at radius 3 is 2.47 bits per heavy atom. The van der Waals surface area contributed by atoms with Crippen LogP contribution in [0, 0.1) is 0 Å². The fraction of sp³-hybridized carbons (Fsp3) is 0.929. The van der Waals surface area contributed by atoms with Crippen LogP contribution in [0.1, 0.15) is 59.3 Å². The number of carbonyl (C=O) groups excluding carboxylic acids is 1. The van der Waals surface area contributed by atoms with Gasteiger partial charge in [-0.05, 0) is 40.0 Å². The highest BCUT2D eigenvalue weighted by atomic mass is 16.2. The second-order valence-electron chi connectivity index (χ2n) is 6.25. The van der Waals surface area contributed by atoms with Crippen LogP contribution in [-0.4, -0.2) is 35.0 Å². The standard InChI is InChI=1S/C14H26N2O/c1-11-9-10-16(12-7-5-4-6-8-12)13(17)14(2,3)15-11/h11-12,15H,4-10H2,1-3H3. The van der Waals surface area contributed by atoms with Gasteiger partial charge in [-0.3, -0.25) is 4.79 Å². The summed E-state index contributed by atoms with van der Waals surface area (Å²) in [5, 5.41) is 3.45. The predicted octanol–water partition coefficient (Wildman–Crippen LogP) is 2.31. The van der Waals surface area contributed by atoms with Crippen molar-refractivity contribution in [2.45, 2.75) is 76.9 Å². The van der Waals surface area contributed by atoms with Gasteiger partial charge in [-0.1, -0.05) is 19.3 Å². The van der Waals surface area contributed by atoms with Crippen LogP contribution in [0.4, 0.5) is 0 Å². The van der Waals surface area contributed by atoms with E-state index in [4.69, 9.17) is 0 Å². The Balaban J connectivity index is 2.12. The van der Waals surface area contributed by atoms with Gasteiger partial charge in [0, 0.05) is 18.6 Å². The molecule has 98 valence electrons. The zero-order chi connectivity index (χ0) is 12.5. The van der Waals surface area contributed by atoms with E-state index in [1.165, 1.54) is 32.1 Å². The Hall–Kier alpha value is -0.570. The van der Waals surface area contributed by atoms with E-state index < -0.39 is 5.54 Å². The van der Waals surface area contributed by atoms with Crippen LogP contribution in [0.15, 0.2) is 0 Å². The van der Waals surface area contributed by atoms with Gasteiger partial charge >= 0.3 is 0 Å². The summed E-state index contributed by atoms with van der Waals surface area (Å²) >= 11 is 0. The summed E-state index contributed by atoms with van der Waals surface area (Å²) in [5.41, 5.74) is -0.395. The molecule has 1 unspecified atom stereocenters. The number of hydrogen-bond donors (Lipinski definition) is 1. The molecule has 1 aliphatic heterocycles. The van der Waals surface area contributed by atoms with E-state index in [2.05, 4.69) is 17.1 Å². The molecule has 0 bridgehead atoms. The molecule has 1 heterocycles. The van der Waals surface area contributed by atoms with Gasteiger partial charge in [0.2, 0.25) is 5.91 Å². The van der Waals surface area contributed by atoms with Crippen molar-refractivity contribution in [2.24, 2.45) is 0 Å². The Labute approximate surface area is 105 Å². The van der Waals surface area contributed by atoms with Crippen LogP contribution in [0.3, 0.4) is 0 Å². The summed E-state index contributed by atoms with van der Waals surface area (Å²) in [6.07, 6.45) is 7.41. The smallest absolute Gasteiger partial charge is 0.242 e. The fourth-order valence-electron chi connectivity index (χ4n) is 3.28. The second-order valence-corrected chi connectivity index (χ2v) is 6.25. The average molecular weight is 238 g/mol. The molecule has 17 heavy (non-hydrogen) atoms. The van der Waals surface area contributed by atoms with Gasteiger partial charge in [0.15, 0.2) is 0 Å². The molecule has 0 radical (unpaired) electrons. The van der Waals surface area contributed by atoms with E-state index >= 15 is 0 Å². The summed E-state index contributed by atoms with van der Waals surface area (Å²) in [6, 6.07) is 0.935. The van der Waals surface area contributed by atoms with Crippen molar-refractivity contribution in [1.82, 2.24) is 10.2 Å². The minimum atomic E-state index is -0.395. The van der Waals surface area contributed by atoms with Gasteiger partial charge in [-0.25, -0.2) is 0 Å². The third kappa shape index (κ3) is 2.82. The fourth-order valence-corrected chi connectivity index (χ4v) is 3.28. The molecule has 0 aromatic heterocycles. The lowest BCUT2D eigenvalue weighted by Crippen LogP contribution is -2.55. The van der Waals surface area contributed by atoms with Crippen LogP contribution in [0.25, 0.3) is 0 Å². The number of hydrogen-bond acceptors (Lipinski definition) is 2. The number of nitrogens with zero attached hydrogens (tertiary/aromatic N) is 1. The normalized spacial score (nSPS) is 31.4. The maximum atomic E-state index is 12.6. The van der Waals surface area contributed by atoms with Crippen LogP contribution in [0.5, 0.6) is 0 Å². The SMILES string of the molecule is CC1CCN(C2CCCCC2)C(=O)C(C)(C)N1. The monoisotopic (exact) mass is 238 g/mol. The molecule has 1 N–H and O–H groups in total. The lowest BCUT2D eigenvalue weighted by molar-refractivity contribution is -0.139. The average Bonchev–Trinajstić information content (AvgIpc) is 2.38. The van der Waals surface area contributed by atoms with Crippen LogP contribution in [-0.2, 0) is 4.79 Å². The van der Waals surface area contributed by atoms with Gasteiger partial charge in [-0.15, -0.1) is 0 Å². The molecule has 1 amide bonds. The molecule has 1 atom stereocenters. The number of nitrogens with one attached hydrogen (secondary N) is 1. The van der Waals surface area contributed by atoms with E-state index in [-0.39, 0.29) is 0 Å². The van der Waals surface area contributed by atoms with Crippen molar-refractivity contribution in [3.05, 3.63) is 0 Å². The van der Waals surface area contributed by atoms with Crippen molar-refractivity contribution < 1.29 is 4.79 Å². The first-order chi connectivity index (χ1) is 8.00. The third-order valence-corrected chi connectivity index (χ3v) is 4.22. The maximum Gasteiger partial charge on any atom is 0.242 e. The first-order valence-corrected chi connectivity index (χ1v) is 7.09. The molecule has 2 aliphatic rings. The third-order valence-electron chi connectivity index (χ3n) is 4.22. The molecular weight excluding hydrogens is 212 g/mol. The highest BCUT2D eigenvalue weighted by molar-refractivity contribution is 5.86. The van der Waals surface area contributed by atoms with Crippen LogP contribution >= 0.6 is 0 Å². The molecule has 3 heteroatoms. The molecule has 0 spiro atoms. The molecule has 3 nitrogen and oxygen atoms in total. The lowest BCUT2D eigenvalue weighted by atomic mass is 9.92. The maximum absolute atomic E-state index is 12.6. The molecule has 0 aromatic rings. The number of rotatable bonds is 1. The Kier molecular flexibility index (Phi) is 3.76. The number of carbonyl (C=O) groups is 1. The van der Waals surface area contributed by atoms with Crippen LogP contribution in [0.2, 0.25) is 0 Å². The molecule has 1 aliphatic carbocycles. The van der Waals surface area contributed by atoms with E-state index in [0.29, 0.717) is 18.0 Å². The number of amides is 1. The predicted molar refractivity (Wildman–Crippen MR) is 69.9 cm³/mol. The molecule has 0 aromatic carbocycles. The first kappa shape index (κ1) is 12.9. The zero-order valence-corrected chi connectivity index (χ0v) is 11.5. The van der Waals surface area contributed by atoms with Crippen molar-refractivity contribution in [1.29, 1.82) is 0 Å². The van der Waals surface area contributed by atoms with E-state index in [1.54, 1.807) is 0 Å². The topological polar surface area (TPSA) is 32.3 Å². The highest BCUT2D eigenvalue weighted by Crippen LogP contribution is 2.26. The van der Waals surface area contributed by atoms with Gasteiger partial charge in [-0.2, -0.15) is 0 Å². The van der Waals surface area contributed by atoms with Crippen molar-refractivity contribution in [3.8, 4) is 0 Å². The Bertz CT molecular complexity index is 282. The molecular formula is C14H26N2O. The lowest BCUT2D eigenvalue weighted by Gasteiger charge is -2.37. The summed E-state index contributed by atoms with van der Waals surface area (Å²) in [5.74, 6) is 0.300. The van der Waals surface area contributed by atoms with E-state index in [9.17, 15) is 4.79 Å². The second kappa shape index (κ2) is 4.97. The minimum absolute atomic E-state index is 0.300. The summed E-state index contributed by atoms with van der Waals surface area (Å²) < 4.78 is 0. The van der Waals surface area contributed by atoms with E-state index in [0.717, 1.165) is 13.0 Å². The summed E-state index contributed by atoms with van der Waals surface area (Å²) in [7, 11) is 0. The molecule has 1 saturated heterocycles. The summed E-state index contributed by atoms with van der Waals surface area (Å²) in [4.78, 5) is 14.7. The largest absolute Gasteiger partial charge is 0.338 e. The van der Waals surface area contributed by atoms with E-state index in [1.807, 2.05) is 13.8 Å². The van der Waals surface area contributed by atoms with Gasteiger partial charge < -0.3 is 10.2 Å². The molecule has 1 saturated carbocycles. The van der Waals surface area contributed by atoms with Crippen LogP contribution < -0.4 is 5.32 Å². The first-order valence-electron chi connectivity index (χ1n) is 7.09. The molecule has 2 fully saturated rings. The quantitative estimate of drug-likeness (QED) is 0.760. The summed E-state index contributed by atoms with van der Waals surface area (Å²) in [6.45, 7) is 7.15. The Morgan fingerprint density at radius 2 is 1.82 bits per heavy atom.